The molecule has 0 heterocycles. The zero-order chi connectivity index (χ0) is 24.0. The van der Waals surface area contributed by atoms with Gasteiger partial charge in [-0.3, -0.25) is 9.59 Å². The molecule has 4 rings (SSSR count). The summed E-state index contributed by atoms with van der Waals surface area (Å²) in [6.07, 6.45) is 3.20. The van der Waals surface area contributed by atoms with E-state index in [2.05, 4.69) is 47.8 Å². The number of phenols is 2. The lowest BCUT2D eigenvalue weighted by atomic mass is 9.80. The molecule has 172 valence electrons. The standard InChI is InChI=1S/C20H23NO.C7H7NO3/c1-14(22)19-5-3-4-18-12-17(10-11-20(18)19)16-8-6-15(7-9-16)13-21-2;8-7(11)4-1-2-5(9)6(10)3-4/h6-12,19,21H,3-5,13H2,1-2H3;1-3,9-10H,(H2,8,11). The van der Waals surface area contributed by atoms with Crippen molar-refractivity contribution in [3.8, 4) is 22.6 Å². The number of nitrogens with one attached hydrogen (secondary N) is 1. The zero-order valence-corrected chi connectivity index (χ0v) is 19.0. The average molecular weight is 447 g/mol. The van der Waals surface area contributed by atoms with Crippen molar-refractivity contribution in [2.75, 3.05) is 7.05 Å². The summed E-state index contributed by atoms with van der Waals surface area (Å²) < 4.78 is 0. The summed E-state index contributed by atoms with van der Waals surface area (Å²) in [4.78, 5) is 22.3. The molecule has 0 saturated heterocycles. The molecular weight excluding hydrogens is 416 g/mol. The van der Waals surface area contributed by atoms with E-state index < -0.39 is 5.91 Å². The monoisotopic (exact) mass is 446 g/mol. The predicted molar refractivity (Wildman–Crippen MR) is 129 cm³/mol. The van der Waals surface area contributed by atoms with Gasteiger partial charge in [0, 0.05) is 18.0 Å². The number of ketones is 1. The van der Waals surface area contributed by atoms with Crippen molar-refractivity contribution in [2.24, 2.45) is 5.73 Å². The second-order valence-corrected chi connectivity index (χ2v) is 8.26. The highest BCUT2D eigenvalue weighted by Gasteiger charge is 2.23. The van der Waals surface area contributed by atoms with Gasteiger partial charge < -0.3 is 21.3 Å². The number of fused-ring (bicyclic) bond motifs is 1. The first-order valence-electron chi connectivity index (χ1n) is 11.0. The molecule has 1 amide bonds. The third kappa shape index (κ3) is 5.99. The summed E-state index contributed by atoms with van der Waals surface area (Å²) in [6.45, 7) is 2.61. The summed E-state index contributed by atoms with van der Waals surface area (Å²) in [6, 6.07) is 18.9. The first-order valence-corrected chi connectivity index (χ1v) is 11.0. The third-order valence-electron chi connectivity index (χ3n) is 5.88. The van der Waals surface area contributed by atoms with Crippen LogP contribution in [-0.2, 0) is 17.8 Å². The van der Waals surface area contributed by atoms with E-state index >= 15 is 0 Å². The van der Waals surface area contributed by atoms with Crippen LogP contribution in [0.3, 0.4) is 0 Å². The van der Waals surface area contributed by atoms with E-state index in [1.54, 1.807) is 6.92 Å². The van der Waals surface area contributed by atoms with Crippen molar-refractivity contribution in [3.63, 3.8) is 0 Å². The Morgan fingerprint density at radius 3 is 2.27 bits per heavy atom. The average Bonchev–Trinajstić information content (AvgIpc) is 2.81. The molecule has 3 aromatic rings. The topological polar surface area (TPSA) is 113 Å². The Morgan fingerprint density at radius 2 is 1.67 bits per heavy atom. The molecule has 0 bridgehead atoms. The fourth-order valence-corrected chi connectivity index (χ4v) is 4.11. The smallest absolute Gasteiger partial charge is 0.248 e. The molecule has 1 atom stereocenters. The van der Waals surface area contributed by atoms with Crippen molar-refractivity contribution in [1.82, 2.24) is 5.32 Å². The molecule has 6 heteroatoms. The molecule has 0 aromatic heterocycles. The van der Waals surface area contributed by atoms with E-state index in [1.807, 2.05) is 7.05 Å². The van der Waals surface area contributed by atoms with E-state index in [9.17, 15) is 9.59 Å². The molecule has 0 spiro atoms. The summed E-state index contributed by atoms with van der Waals surface area (Å²) in [5.74, 6) is -0.850. The Kier molecular flexibility index (Phi) is 7.85. The Hall–Kier alpha value is -3.64. The lowest BCUT2D eigenvalue weighted by molar-refractivity contribution is -0.118. The van der Waals surface area contributed by atoms with Crippen LogP contribution in [0.2, 0.25) is 0 Å². The van der Waals surface area contributed by atoms with Crippen LogP contribution < -0.4 is 11.1 Å². The second kappa shape index (κ2) is 10.8. The van der Waals surface area contributed by atoms with Gasteiger partial charge in [0.25, 0.3) is 0 Å². The Balaban J connectivity index is 0.000000235. The van der Waals surface area contributed by atoms with Crippen molar-refractivity contribution in [1.29, 1.82) is 0 Å². The highest BCUT2D eigenvalue weighted by atomic mass is 16.3. The molecule has 1 aliphatic rings. The summed E-state index contributed by atoms with van der Waals surface area (Å²) >= 11 is 0. The van der Waals surface area contributed by atoms with Gasteiger partial charge in [0.05, 0.1) is 0 Å². The number of primary amides is 1. The van der Waals surface area contributed by atoms with Crippen LogP contribution >= 0.6 is 0 Å². The number of aryl methyl sites for hydroxylation is 1. The molecule has 0 saturated carbocycles. The lowest BCUT2D eigenvalue weighted by Gasteiger charge is -2.24. The Labute approximate surface area is 194 Å². The Bertz CT molecular complexity index is 1140. The van der Waals surface area contributed by atoms with E-state index in [-0.39, 0.29) is 23.0 Å². The largest absolute Gasteiger partial charge is 0.504 e. The van der Waals surface area contributed by atoms with Crippen LogP contribution in [0.5, 0.6) is 11.5 Å². The van der Waals surface area contributed by atoms with Gasteiger partial charge in [0.1, 0.15) is 5.78 Å². The van der Waals surface area contributed by atoms with E-state index in [0.717, 1.165) is 31.9 Å². The van der Waals surface area contributed by atoms with Crippen LogP contribution in [0.4, 0.5) is 0 Å². The van der Waals surface area contributed by atoms with Gasteiger partial charge in [-0.2, -0.15) is 0 Å². The number of hydrogen-bond acceptors (Lipinski definition) is 5. The fourth-order valence-electron chi connectivity index (χ4n) is 4.11. The number of amides is 1. The number of carbonyl (C=O) groups is 2. The minimum atomic E-state index is -0.639. The fraction of sp³-hybridized carbons (Fsp3) is 0.259. The highest BCUT2D eigenvalue weighted by Crippen LogP contribution is 2.35. The number of Topliss-reactive ketones (excluding diaryl/α,β-unsaturated/α-hetero) is 1. The summed E-state index contributed by atoms with van der Waals surface area (Å²) in [7, 11) is 1.96. The minimum Gasteiger partial charge on any atom is -0.504 e. The minimum absolute atomic E-state index is 0.107. The molecule has 5 N–H and O–H groups in total. The molecule has 1 aliphatic carbocycles. The third-order valence-corrected chi connectivity index (χ3v) is 5.88. The SMILES string of the molecule is CNCc1ccc(-c2ccc3c(c2)CCCC3C(C)=O)cc1.NC(=O)c1ccc(O)c(O)c1. The highest BCUT2D eigenvalue weighted by molar-refractivity contribution is 5.93. The number of phenolic OH excluding ortho intramolecular Hbond substituents is 2. The predicted octanol–water partition coefficient (Wildman–Crippen LogP) is 4.28. The molecule has 1 unspecified atom stereocenters. The molecule has 6 nitrogen and oxygen atoms in total. The maximum atomic E-state index is 11.8. The maximum Gasteiger partial charge on any atom is 0.248 e. The van der Waals surface area contributed by atoms with Gasteiger partial charge in [-0.1, -0.05) is 42.5 Å². The van der Waals surface area contributed by atoms with Crippen molar-refractivity contribution < 1.29 is 19.8 Å². The molecule has 0 fully saturated rings. The number of nitrogens with two attached hydrogens (primary N) is 1. The summed E-state index contributed by atoms with van der Waals surface area (Å²) in [5.41, 5.74) is 11.4. The molecule has 0 radical (unpaired) electrons. The zero-order valence-electron chi connectivity index (χ0n) is 19.0. The lowest BCUT2D eigenvalue weighted by Crippen LogP contribution is -2.16. The van der Waals surface area contributed by atoms with Gasteiger partial charge in [0.15, 0.2) is 11.5 Å². The summed E-state index contributed by atoms with van der Waals surface area (Å²) in [5, 5.41) is 20.9. The quantitative estimate of drug-likeness (QED) is 0.437. The van der Waals surface area contributed by atoms with Crippen LogP contribution in [0, 0.1) is 0 Å². The van der Waals surface area contributed by atoms with E-state index in [1.165, 1.54) is 39.9 Å². The number of hydrogen-bond donors (Lipinski definition) is 4. The van der Waals surface area contributed by atoms with Crippen molar-refractivity contribution >= 4 is 11.7 Å². The van der Waals surface area contributed by atoms with Crippen LogP contribution in [-0.4, -0.2) is 29.0 Å². The normalized spacial score (nSPS) is 14.5. The van der Waals surface area contributed by atoms with Crippen LogP contribution in [0.25, 0.3) is 11.1 Å². The van der Waals surface area contributed by atoms with Gasteiger partial charge in [-0.05, 0) is 79.3 Å². The maximum absolute atomic E-state index is 11.8. The van der Waals surface area contributed by atoms with Gasteiger partial charge in [-0.15, -0.1) is 0 Å². The molecular formula is C27H30N2O4. The number of rotatable bonds is 5. The van der Waals surface area contributed by atoms with Crippen molar-refractivity contribution in [3.05, 3.63) is 82.9 Å². The van der Waals surface area contributed by atoms with Crippen molar-refractivity contribution in [2.45, 2.75) is 38.6 Å². The molecule has 33 heavy (non-hydrogen) atoms. The van der Waals surface area contributed by atoms with Crippen LogP contribution in [0.1, 0.15) is 52.7 Å². The number of aromatic hydroxyl groups is 2. The van der Waals surface area contributed by atoms with Crippen LogP contribution in [0.15, 0.2) is 60.7 Å². The number of benzene rings is 3. The molecule has 0 aliphatic heterocycles. The first kappa shape index (κ1) is 24.0. The molecule has 3 aromatic carbocycles. The van der Waals surface area contributed by atoms with E-state index in [4.69, 9.17) is 15.9 Å². The number of carbonyl (C=O) groups excluding carboxylic acids is 2. The van der Waals surface area contributed by atoms with Gasteiger partial charge >= 0.3 is 0 Å². The first-order chi connectivity index (χ1) is 15.8. The van der Waals surface area contributed by atoms with Gasteiger partial charge in [0.2, 0.25) is 5.91 Å². The van der Waals surface area contributed by atoms with Gasteiger partial charge in [-0.25, -0.2) is 0 Å². The van der Waals surface area contributed by atoms with E-state index in [0.29, 0.717) is 5.78 Å². The second-order valence-electron chi connectivity index (χ2n) is 8.26. The Morgan fingerprint density at radius 1 is 0.970 bits per heavy atom.